The maximum absolute atomic E-state index is 12.0. The first-order valence-electron chi connectivity index (χ1n) is 8.54. The minimum Gasteiger partial charge on any atom is -0.464 e. The van der Waals surface area contributed by atoms with Crippen molar-refractivity contribution in [1.82, 2.24) is 5.32 Å². The van der Waals surface area contributed by atoms with Crippen LogP contribution in [-0.4, -0.2) is 37.7 Å². The Morgan fingerprint density at radius 2 is 2.08 bits per heavy atom. The van der Waals surface area contributed by atoms with Crippen molar-refractivity contribution in [2.45, 2.75) is 39.2 Å². The number of amides is 1. The molecule has 6 heteroatoms. The first-order chi connectivity index (χ1) is 12.0. The lowest BCUT2D eigenvalue weighted by atomic mass is 10.0. The summed E-state index contributed by atoms with van der Waals surface area (Å²) in [6.07, 6.45) is 3.69. The molecule has 1 aliphatic heterocycles. The Bertz CT molecular complexity index is 773. The van der Waals surface area contributed by atoms with Gasteiger partial charge in [-0.25, -0.2) is 0 Å². The number of nitrogens with one attached hydrogen (secondary N) is 1. The fraction of sp³-hybridized carbons (Fsp3) is 0.474. The standard InChI is InChI=1S/C19H23NO5/c1-12-6-16-14(10-24-17(16)7-13(12)2)8-19(22)25-11-18(21)20-9-15-4-3-5-23-15/h6-7,10,15H,3-5,8-9,11H2,1-2H3,(H,20,21)/t15-/m0/s1. The zero-order valence-electron chi connectivity index (χ0n) is 14.6. The normalized spacial score (nSPS) is 17.0. The number of fused-ring (bicyclic) bond motifs is 1. The number of carbonyl (C=O) groups is 2. The van der Waals surface area contributed by atoms with Gasteiger partial charge in [0.1, 0.15) is 5.58 Å². The lowest BCUT2D eigenvalue weighted by Crippen LogP contribution is -2.35. The summed E-state index contributed by atoms with van der Waals surface area (Å²) in [6.45, 7) is 4.96. The molecule has 0 bridgehead atoms. The molecule has 134 valence electrons. The molecule has 2 heterocycles. The maximum atomic E-state index is 12.0. The molecule has 0 aliphatic carbocycles. The number of furan rings is 1. The molecule has 0 radical (unpaired) electrons. The zero-order valence-corrected chi connectivity index (χ0v) is 14.6. The van der Waals surface area contributed by atoms with Crippen LogP contribution in [0.5, 0.6) is 0 Å². The molecule has 1 atom stereocenters. The number of hydrogen-bond acceptors (Lipinski definition) is 5. The Hall–Kier alpha value is -2.34. The van der Waals surface area contributed by atoms with Gasteiger partial charge in [0.2, 0.25) is 0 Å². The summed E-state index contributed by atoms with van der Waals surface area (Å²) in [6, 6.07) is 3.96. The second kappa shape index (κ2) is 7.70. The number of ether oxygens (including phenoxy) is 2. The molecule has 2 aromatic rings. The number of aryl methyl sites for hydroxylation is 2. The molecular formula is C19H23NO5. The number of rotatable bonds is 6. The van der Waals surface area contributed by atoms with Crippen molar-refractivity contribution in [3.05, 3.63) is 35.1 Å². The van der Waals surface area contributed by atoms with E-state index in [1.807, 2.05) is 26.0 Å². The molecule has 6 nitrogen and oxygen atoms in total. The van der Waals surface area contributed by atoms with E-state index in [9.17, 15) is 9.59 Å². The van der Waals surface area contributed by atoms with Crippen molar-refractivity contribution in [3.63, 3.8) is 0 Å². The molecule has 0 unspecified atom stereocenters. The predicted octanol–water partition coefficient (Wildman–Crippen LogP) is 2.43. The van der Waals surface area contributed by atoms with Gasteiger partial charge in [-0.1, -0.05) is 0 Å². The number of carbonyl (C=O) groups excluding carboxylic acids is 2. The molecule has 0 spiro atoms. The van der Waals surface area contributed by atoms with Gasteiger partial charge in [0.25, 0.3) is 5.91 Å². The van der Waals surface area contributed by atoms with E-state index in [-0.39, 0.29) is 25.0 Å². The van der Waals surface area contributed by atoms with Gasteiger partial charge < -0.3 is 19.2 Å². The van der Waals surface area contributed by atoms with Crippen LogP contribution in [0.2, 0.25) is 0 Å². The van der Waals surface area contributed by atoms with Gasteiger partial charge >= 0.3 is 5.97 Å². The fourth-order valence-corrected chi connectivity index (χ4v) is 2.91. The lowest BCUT2D eigenvalue weighted by Gasteiger charge is -2.10. The van der Waals surface area contributed by atoms with E-state index in [0.29, 0.717) is 6.54 Å². The largest absolute Gasteiger partial charge is 0.464 e. The Morgan fingerprint density at radius 1 is 1.28 bits per heavy atom. The highest BCUT2D eigenvalue weighted by Gasteiger charge is 2.17. The van der Waals surface area contributed by atoms with Gasteiger partial charge in [0.15, 0.2) is 6.61 Å². The molecule has 25 heavy (non-hydrogen) atoms. The Kier molecular flexibility index (Phi) is 5.38. The second-order valence-electron chi connectivity index (χ2n) is 6.47. The summed E-state index contributed by atoms with van der Waals surface area (Å²) < 4.78 is 16.0. The highest BCUT2D eigenvalue weighted by Crippen LogP contribution is 2.25. The van der Waals surface area contributed by atoms with E-state index in [2.05, 4.69) is 5.32 Å². The van der Waals surface area contributed by atoms with Crippen LogP contribution in [0.15, 0.2) is 22.8 Å². The number of hydrogen-bond donors (Lipinski definition) is 1. The first-order valence-corrected chi connectivity index (χ1v) is 8.54. The van der Waals surface area contributed by atoms with Gasteiger partial charge in [-0.15, -0.1) is 0 Å². The van der Waals surface area contributed by atoms with Crippen molar-refractivity contribution in [2.24, 2.45) is 0 Å². The summed E-state index contributed by atoms with van der Waals surface area (Å²) in [5.41, 5.74) is 3.79. The van der Waals surface area contributed by atoms with Gasteiger partial charge in [0.05, 0.1) is 18.8 Å². The summed E-state index contributed by atoms with van der Waals surface area (Å²) in [5, 5.41) is 3.63. The van der Waals surface area contributed by atoms with Crippen LogP contribution in [0.25, 0.3) is 11.0 Å². The molecular weight excluding hydrogens is 322 g/mol. The summed E-state index contributed by atoms with van der Waals surface area (Å²) in [5.74, 6) is -0.763. The van der Waals surface area contributed by atoms with Gasteiger partial charge in [-0.2, -0.15) is 0 Å². The SMILES string of the molecule is Cc1cc2occ(CC(=O)OCC(=O)NC[C@@H]3CCCO3)c2cc1C. The Balaban J connectivity index is 1.49. The van der Waals surface area contributed by atoms with E-state index in [1.165, 1.54) is 0 Å². The molecule has 1 aromatic carbocycles. The Morgan fingerprint density at radius 3 is 2.84 bits per heavy atom. The van der Waals surface area contributed by atoms with Crippen LogP contribution in [0.1, 0.15) is 29.5 Å². The minimum absolute atomic E-state index is 0.0728. The van der Waals surface area contributed by atoms with Crippen molar-refractivity contribution in [3.8, 4) is 0 Å². The lowest BCUT2D eigenvalue weighted by molar-refractivity contribution is -0.148. The van der Waals surface area contributed by atoms with Crippen molar-refractivity contribution >= 4 is 22.8 Å². The van der Waals surface area contributed by atoms with Crippen molar-refractivity contribution in [1.29, 1.82) is 0 Å². The van der Waals surface area contributed by atoms with Gasteiger partial charge in [0, 0.05) is 24.1 Å². The quantitative estimate of drug-likeness (QED) is 0.814. The van der Waals surface area contributed by atoms with Crippen LogP contribution >= 0.6 is 0 Å². The first kappa shape index (κ1) is 17.5. The molecule has 3 rings (SSSR count). The summed E-state index contributed by atoms with van der Waals surface area (Å²) in [7, 11) is 0. The molecule has 0 saturated carbocycles. The average Bonchev–Trinajstić information content (AvgIpc) is 3.23. The monoisotopic (exact) mass is 345 g/mol. The third-order valence-electron chi connectivity index (χ3n) is 4.52. The van der Waals surface area contributed by atoms with E-state index in [4.69, 9.17) is 13.9 Å². The van der Waals surface area contributed by atoms with Crippen molar-refractivity contribution < 1.29 is 23.5 Å². The smallest absolute Gasteiger partial charge is 0.310 e. The van der Waals surface area contributed by atoms with Gasteiger partial charge in [-0.05, 0) is 49.9 Å². The third kappa shape index (κ3) is 4.39. The number of esters is 1. The second-order valence-corrected chi connectivity index (χ2v) is 6.47. The van der Waals surface area contributed by atoms with Gasteiger partial charge in [-0.3, -0.25) is 9.59 Å². The van der Waals surface area contributed by atoms with E-state index >= 15 is 0 Å². The average molecular weight is 345 g/mol. The molecule has 1 N–H and O–H groups in total. The van der Waals surface area contributed by atoms with Crippen molar-refractivity contribution in [2.75, 3.05) is 19.8 Å². The van der Waals surface area contributed by atoms with Crippen LogP contribution in [0.4, 0.5) is 0 Å². The Labute approximate surface area is 146 Å². The highest BCUT2D eigenvalue weighted by molar-refractivity contribution is 5.87. The van der Waals surface area contributed by atoms with E-state index in [1.54, 1.807) is 6.26 Å². The predicted molar refractivity (Wildman–Crippen MR) is 92.3 cm³/mol. The highest BCUT2D eigenvalue weighted by atomic mass is 16.5. The molecule has 1 saturated heterocycles. The molecule has 1 amide bonds. The van der Waals surface area contributed by atoms with Crippen LogP contribution in [0.3, 0.4) is 0 Å². The minimum atomic E-state index is -0.451. The van der Waals surface area contributed by atoms with E-state index in [0.717, 1.165) is 47.1 Å². The molecule has 1 aromatic heterocycles. The summed E-state index contributed by atoms with van der Waals surface area (Å²) in [4.78, 5) is 23.7. The zero-order chi connectivity index (χ0) is 17.8. The maximum Gasteiger partial charge on any atom is 0.310 e. The topological polar surface area (TPSA) is 77.8 Å². The van der Waals surface area contributed by atoms with Crippen LogP contribution < -0.4 is 5.32 Å². The number of benzene rings is 1. The van der Waals surface area contributed by atoms with Crippen LogP contribution in [-0.2, 0) is 25.5 Å². The molecule has 1 aliphatic rings. The summed E-state index contributed by atoms with van der Waals surface area (Å²) >= 11 is 0. The van der Waals surface area contributed by atoms with E-state index < -0.39 is 5.97 Å². The molecule has 1 fully saturated rings. The third-order valence-corrected chi connectivity index (χ3v) is 4.52. The van der Waals surface area contributed by atoms with Crippen LogP contribution in [0, 0.1) is 13.8 Å². The fourth-order valence-electron chi connectivity index (χ4n) is 2.91.